The Morgan fingerprint density at radius 3 is 1.67 bits per heavy atom. The van der Waals surface area contributed by atoms with E-state index in [1.165, 1.54) is 0 Å². The summed E-state index contributed by atoms with van der Waals surface area (Å²) in [4.78, 5) is 28.8. The lowest BCUT2D eigenvalue weighted by Crippen LogP contribution is -2.15. The summed E-state index contributed by atoms with van der Waals surface area (Å²) in [6.45, 7) is 2.75. The first-order valence-corrected chi connectivity index (χ1v) is 12.1. The van der Waals surface area contributed by atoms with Crippen LogP contribution in [-0.4, -0.2) is 16.1 Å². The molecule has 0 radical (unpaired) electrons. The van der Waals surface area contributed by atoms with Gasteiger partial charge < -0.3 is 4.57 Å². The molecule has 0 aliphatic heterocycles. The van der Waals surface area contributed by atoms with Gasteiger partial charge in [0.1, 0.15) is 5.82 Å². The molecule has 36 heavy (non-hydrogen) atoms. The Kier molecular flexibility index (Phi) is 5.34. The van der Waals surface area contributed by atoms with Crippen molar-refractivity contribution in [3.8, 4) is 0 Å². The number of hydrogen-bond acceptors (Lipinski definition) is 3. The number of carbonyl (C=O) groups is 2. The molecule has 1 aromatic heterocycles. The number of anilines is 3. The van der Waals surface area contributed by atoms with Crippen LogP contribution in [0.2, 0.25) is 0 Å². The molecule has 1 heterocycles. The van der Waals surface area contributed by atoms with Crippen molar-refractivity contribution in [2.45, 2.75) is 13.5 Å². The van der Waals surface area contributed by atoms with Gasteiger partial charge in [0.05, 0.1) is 5.57 Å². The highest BCUT2D eigenvalue weighted by Crippen LogP contribution is 2.37. The Hall–Kier alpha value is -4.70. The van der Waals surface area contributed by atoms with Crippen LogP contribution in [0.4, 0.5) is 17.2 Å². The highest BCUT2D eigenvalue weighted by molar-refractivity contribution is 6.42. The molecule has 4 aromatic carbocycles. The summed E-state index contributed by atoms with van der Waals surface area (Å²) in [5, 5.41) is 1.92. The molecule has 0 unspecified atom stereocenters. The smallest absolute Gasteiger partial charge is 0.197 e. The number of hydrogen-bond donors (Lipinski definition) is 0. The molecule has 0 saturated heterocycles. The first kappa shape index (κ1) is 21.8. The first-order valence-electron chi connectivity index (χ1n) is 12.1. The summed E-state index contributed by atoms with van der Waals surface area (Å²) in [5.41, 5.74) is 4.06. The van der Waals surface area contributed by atoms with E-state index >= 15 is 0 Å². The lowest BCUT2D eigenvalue weighted by Gasteiger charge is -2.26. The molecule has 1 aliphatic rings. The largest absolute Gasteiger partial charge is 0.328 e. The molecular formula is C32H24N2O2. The number of ketones is 2. The van der Waals surface area contributed by atoms with E-state index in [-0.39, 0.29) is 17.1 Å². The van der Waals surface area contributed by atoms with Crippen molar-refractivity contribution >= 4 is 45.6 Å². The summed E-state index contributed by atoms with van der Waals surface area (Å²) in [6.07, 6.45) is 1.75. The van der Waals surface area contributed by atoms with Gasteiger partial charge in [0.2, 0.25) is 0 Å². The number of carbonyl (C=O) groups excluding carboxylic acids is 2. The summed E-state index contributed by atoms with van der Waals surface area (Å²) in [5.74, 6) is 0.533. The molecular weight excluding hydrogens is 444 g/mol. The number of benzene rings is 4. The molecule has 0 fully saturated rings. The molecule has 174 valence electrons. The number of Topliss-reactive ketones (excluding diaryl/α,β-unsaturated/α-hetero) is 2. The predicted octanol–water partition coefficient (Wildman–Crippen LogP) is 7.59. The third-order valence-corrected chi connectivity index (χ3v) is 6.72. The minimum atomic E-state index is -0.214. The van der Waals surface area contributed by atoms with Crippen LogP contribution in [0.25, 0.3) is 16.8 Å². The second-order valence-corrected chi connectivity index (χ2v) is 8.83. The minimum absolute atomic E-state index is 0.214. The number of allylic oxidation sites excluding steroid dienone is 1. The van der Waals surface area contributed by atoms with Gasteiger partial charge in [-0.2, -0.15) is 0 Å². The molecule has 0 spiro atoms. The Labute approximate surface area is 209 Å². The van der Waals surface area contributed by atoms with Crippen LogP contribution in [0.5, 0.6) is 0 Å². The van der Waals surface area contributed by atoms with Gasteiger partial charge in [-0.15, -0.1) is 0 Å². The number of nitrogens with zero attached hydrogens (tertiary/aromatic N) is 2. The van der Waals surface area contributed by atoms with E-state index in [0.717, 1.165) is 33.7 Å². The number of rotatable bonds is 5. The van der Waals surface area contributed by atoms with Gasteiger partial charge in [0.15, 0.2) is 11.6 Å². The maximum absolute atomic E-state index is 13.3. The lowest BCUT2D eigenvalue weighted by atomic mass is 10.0. The SMILES string of the molecule is CCn1c(C=C2C(=O)c3cc4ccccc4cc3C2=O)ccc1N(c1ccccc1)c1ccccc1. The van der Waals surface area contributed by atoms with E-state index in [4.69, 9.17) is 0 Å². The Bertz CT molecular complexity index is 1550. The molecule has 0 atom stereocenters. The molecule has 4 heteroatoms. The van der Waals surface area contributed by atoms with Gasteiger partial charge in [-0.05, 0) is 72.3 Å². The van der Waals surface area contributed by atoms with E-state index in [0.29, 0.717) is 17.7 Å². The van der Waals surface area contributed by atoms with Crippen LogP contribution in [0.15, 0.2) is 115 Å². The predicted molar refractivity (Wildman–Crippen MR) is 145 cm³/mol. The van der Waals surface area contributed by atoms with E-state index in [1.807, 2.05) is 84.9 Å². The average Bonchev–Trinajstić information content (AvgIpc) is 3.42. The maximum atomic E-state index is 13.3. The van der Waals surface area contributed by atoms with Crippen LogP contribution >= 0.6 is 0 Å². The number of aromatic nitrogens is 1. The molecule has 0 saturated carbocycles. The fourth-order valence-corrected chi connectivity index (χ4v) is 4.99. The molecule has 1 aliphatic carbocycles. The minimum Gasteiger partial charge on any atom is -0.328 e. The van der Waals surface area contributed by atoms with E-state index in [2.05, 4.69) is 40.7 Å². The van der Waals surface area contributed by atoms with Crippen molar-refractivity contribution in [3.05, 3.63) is 132 Å². The van der Waals surface area contributed by atoms with E-state index < -0.39 is 0 Å². The van der Waals surface area contributed by atoms with Crippen LogP contribution < -0.4 is 4.90 Å². The zero-order chi connectivity index (χ0) is 24.6. The molecule has 4 nitrogen and oxygen atoms in total. The van der Waals surface area contributed by atoms with Gasteiger partial charge in [0, 0.05) is 34.7 Å². The highest BCUT2D eigenvalue weighted by atomic mass is 16.2. The summed E-state index contributed by atoms with van der Waals surface area (Å²) >= 11 is 0. The van der Waals surface area contributed by atoms with Crippen molar-refractivity contribution in [3.63, 3.8) is 0 Å². The van der Waals surface area contributed by atoms with Crippen molar-refractivity contribution in [2.75, 3.05) is 4.90 Å². The van der Waals surface area contributed by atoms with Crippen LogP contribution in [-0.2, 0) is 6.54 Å². The molecule has 0 amide bonds. The van der Waals surface area contributed by atoms with Gasteiger partial charge in [0.25, 0.3) is 0 Å². The highest BCUT2D eigenvalue weighted by Gasteiger charge is 2.33. The summed E-state index contributed by atoms with van der Waals surface area (Å²) < 4.78 is 2.13. The van der Waals surface area contributed by atoms with Crippen LogP contribution in [0.3, 0.4) is 0 Å². The third kappa shape index (κ3) is 3.55. The summed E-state index contributed by atoms with van der Waals surface area (Å²) in [7, 11) is 0. The van der Waals surface area contributed by atoms with Crippen molar-refractivity contribution < 1.29 is 9.59 Å². The molecule has 0 N–H and O–H groups in total. The zero-order valence-corrected chi connectivity index (χ0v) is 19.9. The Balaban J connectivity index is 1.46. The fourth-order valence-electron chi connectivity index (χ4n) is 4.99. The molecule has 5 aromatic rings. The van der Waals surface area contributed by atoms with Crippen LogP contribution in [0.1, 0.15) is 33.3 Å². The van der Waals surface area contributed by atoms with Crippen molar-refractivity contribution in [1.82, 2.24) is 4.57 Å². The van der Waals surface area contributed by atoms with Crippen molar-refractivity contribution in [1.29, 1.82) is 0 Å². The summed E-state index contributed by atoms with van der Waals surface area (Å²) in [6, 6.07) is 35.9. The van der Waals surface area contributed by atoms with E-state index in [9.17, 15) is 9.59 Å². The van der Waals surface area contributed by atoms with Gasteiger partial charge in [-0.1, -0.05) is 60.7 Å². The van der Waals surface area contributed by atoms with Gasteiger partial charge in [-0.3, -0.25) is 14.5 Å². The maximum Gasteiger partial charge on any atom is 0.197 e. The Morgan fingerprint density at radius 2 is 1.17 bits per heavy atom. The lowest BCUT2D eigenvalue weighted by molar-refractivity contribution is 0.0990. The second kappa shape index (κ2) is 8.82. The molecule has 6 rings (SSSR count). The normalized spacial score (nSPS) is 12.8. The zero-order valence-electron chi connectivity index (χ0n) is 19.9. The number of fused-ring (bicyclic) bond motifs is 2. The van der Waals surface area contributed by atoms with E-state index in [1.54, 1.807) is 6.08 Å². The third-order valence-electron chi connectivity index (χ3n) is 6.72. The van der Waals surface area contributed by atoms with Crippen molar-refractivity contribution in [2.24, 2.45) is 0 Å². The standard InChI is InChI=1S/C32H24N2O2/c1-2-33-26(17-18-30(33)34(24-13-5-3-6-14-24)25-15-7-4-8-16-25)21-29-31(35)27-19-22-11-9-10-12-23(22)20-28(27)32(29)36/h3-21H,2H2,1H3. The molecule has 0 bridgehead atoms. The topological polar surface area (TPSA) is 42.3 Å². The first-order chi connectivity index (χ1) is 17.7. The Morgan fingerprint density at radius 1 is 0.667 bits per heavy atom. The van der Waals surface area contributed by atoms with Gasteiger partial charge >= 0.3 is 0 Å². The average molecular weight is 469 g/mol. The second-order valence-electron chi connectivity index (χ2n) is 8.83. The quantitative estimate of drug-likeness (QED) is 0.197. The fraction of sp³-hybridized carbons (Fsp3) is 0.0625. The van der Waals surface area contributed by atoms with Crippen LogP contribution in [0, 0.1) is 0 Å². The number of para-hydroxylation sites is 2. The van der Waals surface area contributed by atoms with Gasteiger partial charge in [-0.25, -0.2) is 0 Å². The monoisotopic (exact) mass is 468 g/mol.